The molecule has 6 heteroatoms. The minimum atomic E-state index is -0.116. The van der Waals surface area contributed by atoms with E-state index >= 15 is 0 Å². The van der Waals surface area contributed by atoms with Gasteiger partial charge in [-0.05, 0) is 32.6 Å². The average molecular weight is 377 g/mol. The zero-order chi connectivity index (χ0) is 19.1. The highest BCUT2D eigenvalue weighted by molar-refractivity contribution is 5.40. The van der Waals surface area contributed by atoms with Gasteiger partial charge in [-0.15, -0.1) is 0 Å². The fourth-order valence-corrected chi connectivity index (χ4v) is 4.40. The SMILES string of the molecule is Cc1ncc(CO)c(CNC(NC2CCCCC2)NC2CCCCC2)c1O. The molecule has 6 nitrogen and oxygen atoms in total. The third kappa shape index (κ3) is 5.88. The van der Waals surface area contributed by atoms with Crippen LogP contribution in [0, 0.1) is 6.92 Å². The number of pyridine rings is 1. The Kier molecular flexibility index (Phi) is 7.88. The van der Waals surface area contributed by atoms with E-state index < -0.39 is 0 Å². The van der Waals surface area contributed by atoms with Gasteiger partial charge in [0.05, 0.1) is 12.3 Å². The Bertz CT molecular complexity index is 564. The lowest BCUT2D eigenvalue weighted by atomic mass is 9.94. The van der Waals surface area contributed by atoms with Crippen LogP contribution in [0.2, 0.25) is 0 Å². The number of aromatic hydroxyl groups is 1. The second-order valence-corrected chi connectivity index (χ2v) is 8.17. The number of aromatic nitrogens is 1. The van der Waals surface area contributed by atoms with E-state index in [2.05, 4.69) is 20.9 Å². The van der Waals surface area contributed by atoms with E-state index in [1.54, 1.807) is 13.1 Å². The maximum Gasteiger partial charge on any atom is 0.141 e. The Morgan fingerprint density at radius 2 is 1.56 bits per heavy atom. The minimum absolute atomic E-state index is 0.00983. The number of aryl methyl sites for hydroxylation is 1. The van der Waals surface area contributed by atoms with Gasteiger partial charge in [0, 0.05) is 36.0 Å². The molecule has 1 aromatic heterocycles. The van der Waals surface area contributed by atoms with Crippen LogP contribution < -0.4 is 16.0 Å². The van der Waals surface area contributed by atoms with Crippen molar-refractivity contribution in [1.29, 1.82) is 0 Å². The maximum atomic E-state index is 10.4. The average Bonchev–Trinajstić information content (AvgIpc) is 2.70. The Morgan fingerprint density at radius 3 is 2.07 bits per heavy atom. The Hall–Kier alpha value is -1.21. The second-order valence-electron chi connectivity index (χ2n) is 8.17. The highest BCUT2D eigenvalue weighted by Crippen LogP contribution is 2.24. The Balaban J connectivity index is 1.65. The van der Waals surface area contributed by atoms with Crippen molar-refractivity contribution in [3.8, 4) is 5.75 Å². The summed E-state index contributed by atoms with van der Waals surface area (Å²) in [6, 6.07) is 1.08. The molecule has 0 amide bonds. The van der Waals surface area contributed by atoms with Crippen molar-refractivity contribution in [2.75, 3.05) is 0 Å². The molecule has 0 spiro atoms. The predicted octanol–water partition coefficient (Wildman–Crippen LogP) is 2.81. The Morgan fingerprint density at radius 1 is 1.00 bits per heavy atom. The van der Waals surface area contributed by atoms with Gasteiger partial charge in [-0.2, -0.15) is 0 Å². The van der Waals surface area contributed by atoms with Crippen molar-refractivity contribution in [3.05, 3.63) is 23.0 Å². The van der Waals surface area contributed by atoms with Gasteiger partial charge in [-0.25, -0.2) is 0 Å². The molecule has 2 fully saturated rings. The van der Waals surface area contributed by atoms with Gasteiger partial charge in [0.25, 0.3) is 0 Å². The fourth-order valence-electron chi connectivity index (χ4n) is 4.40. The van der Waals surface area contributed by atoms with Crippen LogP contribution in [0.3, 0.4) is 0 Å². The molecular weight excluding hydrogens is 340 g/mol. The molecule has 5 N–H and O–H groups in total. The van der Waals surface area contributed by atoms with Crippen molar-refractivity contribution in [3.63, 3.8) is 0 Å². The smallest absolute Gasteiger partial charge is 0.141 e. The number of rotatable bonds is 8. The molecule has 152 valence electrons. The molecule has 0 aliphatic heterocycles. The highest BCUT2D eigenvalue weighted by atomic mass is 16.3. The standard InChI is InChI=1S/C21H36N4O2/c1-15-20(27)19(16(14-26)12-22-15)13-23-21(24-17-8-4-2-5-9-17)25-18-10-6-3-7-11-18/h12,17-18,21,23-27H,2-11,13-14H2,1H3. The van der Waals surface area contributed by atoms with Crippen LogP contribution in [0.1, 0.15) is 81.0 Å². The molecule has 0 bridgehead atoms. The number of nitrogens with one attached hydrogen (secondary N) is 3. The van der Waals surface area contributed by atoms with Crippen molar-refractivity contribution >= 4 is 0 Å². The van der Waals surface area contributed by atoms with Gasteiger partial charge in [0.2, 0.25) is 0 Å². The van der Waals surface area contributed by atoms with Crippen molar-refractivity contribution in [2.45, 2.75) is 103 Å². The van der Waals surface area contributed by atoms with Crippen LogP contribution >= 0.6 is 0 Å². The summed E-state index contributed by atoms with van der Waals surface area (Å²) < 4.78 is 0. The third-order valence-corrected chi connectivity index (χ3v) is 6.10. The van der Waals surface area contributed by atoms with Crippen molar-refractivity contribution in [1.82, 2.24) is 20.9 Å². The zero-order valence-corrected chi connectivity index (χ0v) is 16.6. The maximum absolute atomic E-state index is 10.4. The summed E-state index contributed by atoms with van der Waals surface area (Å²) in [5.41, 5.74) is 2.02. The number of aliphatic hydroxyl groups is 1. The molecular formula is C21H36N4O2. The summed E-state index contributed by atoms with van der Waals surface area (Å²) in [5, 5.41) is 31.1. The quantitative estimate of drug-likeness (QED) is 0.448. The van der Waals surface area contributed by atoms with E-state index in [0.29, 0.717) is 29.9 Å². The summed E-state index contributed by atoms with van der Waals surface area (Å²) >= 11 is 0. The van der Waals surface area contributed by atoms with Crippen LogP contribution in [0.25, 0.3) is 0 Å². The number of hydrogen-bond acceptors (Lipinski definition) is 6. The summed E-state index contributed by atoms with van der Waals surface area (Å²) in [7, 11) is 0. The fraction of sp³-hybridized carbons (Fsp3) is 0.762. The largest absolute Gasteiger partial charge is 0.506 e. The van der Waals surface area contributed by atoms with E-state index in [-0.39, 0.29) is 18.6 Å². The summed E-state index contributed by atoms with van der Waals surface area (Å²) in [6.07, 6.45) is 14.5. The van der Waals surface area contributed by atoms with Gasteiger partial charge < -0.3 is 10.2 Å². The molecule has 0 unspecified atom stereocenters. The monoisotopic (exact) mass is 376 g/mol. The van der Waals surface area contributed by atoms with Crippen LogP contribution in [0.4, 0.5) is 0 Å². The van der Waals surface area contributed by atoms with E-state index in [1.807, 2.05) is 0 Å². The molecule has 0 radical (unpaired) electrons. The predicted molar refractivity (Wildman–Crippen MR) is 107 cm³/mol. The molecule has 1 heterocycles. The summed E-state index contributed by atoms with van der Waals surface area (Å²) in [5.74, 6) is 0.183. The van der Waals surface area contributed by atoms with Crippen molar-refractivity contribution in [2.24, 2.45) is 0 Å². The number of nitrogens with zero attached hydrogens (tertiary/aromatic N) is 1. The molecule has 1 aromatic rings. The van der Waals surface area contributed by atoms with E-state index in [0.717, 1.165) is 5.56 Å². The summed E-state index contributed by atoms with van der Waals surface area (Å²) in [6.45, 7) is 2.17. The lowest BCUT2D eigenvalue weighted by molar-refractivity contribution is 0.231. The van der Waals surface area contributed by atoms with Crippen molar-refractivity contribution < 1.29 is 10.2 Å². The first-order chi connectivity index (χ1) is 13.2. The topological polar surface area (TPSA) is 89.4 Å². The molecule has 2 aliphatic rings. The third-order valence-electron chi connectivity index (χ3n) is 6.10. The van der Waals surface area contributed by atoms with Crippen LogP contribution in [0.15, 0.2) is 6.20 Å². The van der Waals surface area contributed by atoms with Gasteiger partial charge in [-0.1, -0.05) is 38.5 Å². The first kappa shape index (κ1) is 20.5. The number of hydrogen-bond donors (Lipinski definition) is 5. The van der Waals surface area contributed by atoms with Gasteiger partial charge in [0.1, 0.15) is 12.0 Å². The zero-order valence-electron chi connectivity index (χ0n) is 16.6. The number of aliphatic hydroxyl groups excluding tert-OH is 1. The van der Waals surface area contributed by atoms with E-state index in [1.165, 1.54) is 64.2 Å². The Labute approximate surface area is 163 Å². The van der Waals surface area contributed by atoms with Crippen LogP contribution in [0.5, 0.6) is 5.75 Å². The van der Waals surface area contributed by atoms with Crippen LogP contribution in [-0.4, -0.2) is 33.6 Å². The lowest BCUT2D eigenvalue weighted by Gasteiger charge is -2.34. The minimum Gasteiger partial charge on any atom is -0.506 e. The molecule has 0 saturated heterocycles. The molecule has 2 aliphatic carbocycles. The van der Waals surface area contributed by atoms with E-state index in [9.17, 15) is 10.2 Å². The molecule has 0 atom stereocenters. The normalized spacial score (nSPS) is 19.7. The second kappa shape index (κ2) is 10.4. The molecule has 3 rings (SSSR count). The molecule has 2 saturated carbocycles. The van der Waals surface area contributed by atoms with Gasteiger partial charge in [0.15, 0.2) is 0 Å². The first-order valence-corrected chi connectivity index (χ1v) is 10.7. The van der Waals surface area contributed by atoms with Crippen LogP contribution in [-0.2, 0) is 13.2 Å². The van der Waals surface area contributed by atoms with Gasteiger partial charge in [-0.3, -0.25) is 20.9 Å². The van der Waals surface area contributed by atoms with E-state index in [4.69, 9.17) is 0 Å². The lowest BCUT2D eigenvalue weighted by Crippen LogP contribution is -2.59. The molecule has 0 aromatic carbocycles. The van der Waals surface area contributed by atoms with Gasteiger partial charge >= 0.3 is 0 Å². The first-order valence-electron chi connectivity index (χ1n) is 10.7. The molecule has 27 heavy (non-hydrogen) atoms. The highest BCUT2D eigenvalue weighted by Gasteiger charge is 2.22. The summed E-state index contributed by atoms with van der Waals surface area (Å²) in [4.78, 5) is 4.16.